The van der Waals surface area contributed by atoms with Crippen LogP contribution >= 0.6 is 0 Å². The van der Waals surface area contributed by atoms with E-state index in [4.69, 9.17) is 13.9 Å². The van der Waals surface area contributed by atoms with Crippen LogP contribution < -0.4 is 10.6 Å². The molecular formula is C24H34N4O4. The van der Waals surface area contributed by atoms with Crippen LogP contribution in [0.3, 0.4) is 0 Å². The fraction of sp³-hybridized carbons (Fsp3) is 0.542. The van der Waals surface area contributed by atoms with Gasteiger partial charge in [-0.3, -0.25) is 9.80 Å². The van der Waals surface area contributed by atoms with Gasteiger partial charge in [-0.25, -0.2) is 4.79 Å². The topological polar surface area (TPSA) is 79.2 Å². The Labute approximate surface area is 189 Å². The Morgan fingerprint density at radius 3 is 2.31 bits per heavy atom. The molecule has 1 aromatic heterocycles. The number of ether oxygens (including phenoxy) is 2. The molecular weight excluding hydrogens is 408 g/mol. The molecule has 0 bridgehead atoms. The van der Waals surface area contributed by atoms with E-state index in [1.807, 2.05) is 25.1 Å². The van der Waals surface area contributed by atoms with Crippen LogP contribution in [-0.2, 0) is 22.6 Å². The van der Waals surface area contributed by atoms with Crippen molar-refractivity contribution >= 4 is 6.03 Å². The summed E-state index contributed by atoms with van der Waals surface area (Å²) in [6.07, 6.45) is 0. The highest BCUT2D eigenvalue weighted by Gasteiger charge is 2.25. The highest BCUT2D eigenvalue weighted by Crippen LogP contribution is 2.23. The molecule has 8 nitrogen and oxygen atoms in total. The zero-order chi connectivity index (χ0) is 22.2. The molecule has 8 heteroatoms. The van der Waals surface area contributed by atoms with Gasteiger partial charge in [0.05, 0.1) is 32.5 Å². The summed E-state index contributed by atoms with van der Waals surface area (Å²) < 4.78 is 16.8. The number of carbonyl (C=O) groups excluding carboxylic acids is 1. The van der Waals surface area contributed by atoms with Crippen LogP contribution in [0.15, 0.2) is 40.8 Å². The Morgan fingerprint density at radius 2 is 1.62 bits per heavy atom. The summed E-state index contributed by atoms with van der Waals surface area (Å²) >= 11 is 0. The molecule has 2 aliphatic heterocycles. The minimum absolute atomic E-state index is 0.00745. The van der Waals surface area contributed by atoms with Crippen molar-refractivity contribution in [2.45, 2.75) is 26.1 Å². The number of carbonyl (C=O) groups is 1. The van der Waals surface area contributed by atoms with Gasteiger partial charge in [-0.05, 0) is 30.2 Å². The molecule has 1 unspecified atom stereocenters. The number of nitrogens with zero attached hydrogens (tertiary/aromatic N) is 2. The Hall–Kier alpha value is -2.39. The Balaban J connectivity index is 1.31. The number of furan rings is 1. The van der Waals surface area contributed by atoms with Gasteiger partial charge in [0.15, 0.2) is 0 Å². The average Bonchev–Trinajstić information content (AvgIpc) is 3.26. The number of benzene rings is 1. The average molecular weight is 443 g/mol. The van der Waals surface area contributed by atoms with E-state index in [9.17, 15) is 4.79 Å². The molecule has 2 N–H and O–H groups in total. The van der Waals surface area contributed by atoms with Gasteiger partial charge in [-0.2, -0.15) is 0 Å². The summed E-state index contributed by atoms with van der Waals surface area (Å²) in [6.45, 7) is 10.3. The van der Waals surface area contributed by atoms with Crippen molar-refractivity contribution in [2.75, 3.05) is 59.2 Å². The van der Waals surface area contributed by atoms with E-state index >= 15 is 0 Å². The highest BCUT2D eigenvalue weighted by atomic mass is 16.5. The van der Waals surface area contributed by atoms with E-state index in [0.29, 0.717) is 26.3 Å². The zero-order valence-corrected chi connectivity index (χ0v) is 18.8. The SMILES string of the molecule is Cc1ccc(C(CNC(=O)NCc2ccccc2CN2CCOCC2)N2CCOCC2)o1. The molecule has 1 atom stereocenters. The van der Waals surface area contributed by atoms with Crippen LogP contribution in [-0.4, -0.2) is 75.0 Å². The maximum Gasteiger partial charge on any atom is 0.315 e. The van der Waals surface area contributed by atoms with Gasteiger partial charge < -0.3 is 24.5 Å². The molecule has 2 amide bonds. The fourth-order valence-electron chi connectivity index (χ4n) is 4.24. The first kappa shape index (κ1) is 22.8. The highest BCUT2D eigenvalue weighted by molar-refractivity contribution is 5.73. The molecule has 0 saturated carbocycles. The van der Waals surface area contributed by atoms with Crippen molar-refractivity contribution in [3.8, 4) is 0 Å². The standard InChI is InChI=1S/C24H34N4O4/c1-19-6-7-23(32-19)22(28-10-14-31-15-11-28)17-26-24(29)25-16-20-4-2-3-5-21(20)18-27-8-12-30-13-9-27/h2-7,22H,8-18H2,1H3,(H2,25,26,29). The van der Waals surface area contributed by atoms with Crippen molar-refractivity contribution < 1.29 is 18.7 Å². The van der Waals surface area contributed by atoms with Gasteiger partial charge >= 0.3 is 6.03 Å². The lowest BCUT2D eigenvalue weighted by Crippen LogP contribution is -2.45. The largest absolute Gasteiger partial charge is 0.465 e. The molecule has 4 rings (SSSR count). The lowest BCUT2D eigenvalue weighted by atomic mass is 10.1. The van der Waals surface area contributed by atoms with Crippen molar-refractivity contribution in [3.05, 3.63) is 59.0 Å². The second-order valence-electron chi connectivity index (χ2n) is 8.33. The number of hydrogen-bond donors (Lipinski definition) is 2. The second kappa shape index (κ2) is 11.5. The van der Waals surface area contributed by atoms with Gasteiger partial charge in [-0.1, -0.05) is 24.3 Å². The summed E-state index contributed by atoms with van der Waals surface area (Å²) in [5.74, 6) is 1.75. The third-order valence-electron chi connectivity index (χ3n) is 6.09. The third-order valence-corrected chi connectivity index (χ3v) is 6.09. The molecule has 0 aliphatic carbocycles. The van der Waals surface area contributed by atoms with E-state index in [1.165, 1.54) is 5.56 Å². The second-order valence-corrected chi connectivity index (χ2v) is 8.33. The van der Waals surface area contributed by atoms with Gasteiger partial charge in [0.2, 0.25) is 0 Å². The van der Waals surface area contributed by atoms with E-state index < -0.39 is 0 Å². The van der Waals surface area contributed by atoms with Crippen LogP contribution in [0.25, 0.3) is 0 Å². The normalized spacial score (nSPS) is 18.9. The lowest BCUT2D eigenvalue weighted by Gasteiger charge is -2.33. The quantitative estimate of drug-likeness (QED) is 0.653. The van der Waals surface area contributed by atoms with Gasteiger partial charge in [0, 0.05) is 45.8 Å². The summed E-state index contributed by atoms with van der Waals surface area (Å²) in [5, 5.41) is 6.06. The molecule has 0 radical (unpaired) electrons. The first-order valence-corrected chi connectivity index (χ1v) is 11.5. The molecule has 2 aliphatic rings. The predicted molar refractivity (Wildman–Crippen MR) is 121 cm³/mol. The Morgan fingerprint density at radius 1 is 0.938 bits per heavy atom. The first-order chi connectivity index (χ1) is 15.7. The maximum absolute atomic E-state index is 12.6. The molecule has 2 saturated heterocycles. The van der Waals surface area contributed by atoms with Crippen LogP contribution in [0.4, 0.5) is 4.79 Å². The zero-order valence-electron chi connectivity index (χ0n) is 18.8. The number of aryl methyl sites for hydroxylation is 1. The fourth-order valence-corrected chi connectivity index (χ4v) is 4.24. The third kappa shape index (κ3) is 6.32. The van der Waals surface area contributed by atoms with Crippen LogP contribution in [0, 0.1) is 6.92 Å². The summed E-state index contributed by atoms with van der Waals surface area (Å²) in [6, 6.07) is 12.1. The Bertz CT molecular complexity index is 859. The number of morpholine rings is 2. The number of nitrogens with one attached hydrogen (secondary N) is 2. The number of urea groups is 1. The van der Waals surface area contributed by atoms with Crippen molar-refractivity contribution in [2.24, 2.45) is 0 Å². The molecule has 32 heavy (non-hydrogen) atoms. The molecule has 2 fully saturated rings. The molecule has 2 aromatic rings. The van der Waals surface area contributed by atoms with Gasteiger partial charge in [-0.15, -0.1) is 0 Å². The van der Waals surface area contributed by atoms with Crippen molar-refractivity contribution in [1.82, 2.24) is 20.4 Å². The summed E-state index contributed by atoms with van der Waals surface area (Å²) in [7, 11) is 0. The van der Waals surface area contributed by atoms with Crippen LogP contribution in [0.2, 0.25) is 0 Å². The lowest BCUT2D eigenvalue weighted by molar-refractivity contribution is 0.0121. The first-order valence-electron chi connectivity index (χ1n) is 11.5. The smallest absolute Gasteiger partial charge is 0.315 e. The Kier molecular flexibility index (Phi) is 8.17. The predicted octanol–water partition coefficient (Wildman–Crippen LogP) is 2.29. The van der Waals surface area contributed by atoms with Crippen LogP contribution in [0.5, 0.6) is 0 Å². The van der Waals surface area contributed by atoms with Crippen molar-refractivity contribution in [3.63, 3.8) is 0 Å². The molecule has 0 spiro atoms. The van der Waals surface area contributed by atoms with E-state index in [2.05, 4.69) is 38.6 Å². The molecule has 174 valence electrons. The van der Waals surface area contributed by atoms with Crippen molar-refractivity contribution in [1.29, 1.82) is 0 Å². The monoisotopic (exact) mass is 442 g/mol. The minimum Gasteiger partial charge on any atom is -0.465 e. The van der Waals surface area contributed by atoms with E-state index in [0.717, 1.165) is 63.0 Å². The number of hydrogen-bond acceptors (Lipinski definition) is 6. The van der Waals surface area contributed by atoms with E-state index in [1.54, 1.807) is 0 Å². The minimum atomic E-state index is -0.173. The summed E-state index contributed by atoms with van der Waals surface area (Å²) in [4.78, 5) is 17.3. The van der Waals surface area contributed by atoms with Gasteiger partial charge in [0.25, 0.3) is 0 Å². The summed E-state index contributed by atoms with van der Waals surface area (Å²) in [5.41, 5.74) is 2.38. The van der Waals surface area contributed by atoms with Gasteiger partial charge in [0.1, 0.15) is 11.5 Å². The number of amides is 2. The maximum atomic E-state index is 12.6. The molecule has 3 heterocycles. The van der Waals surface area contributed by atoms with Crippen LogP contribution in [0.1, 0.15) is 28.7 Å². The molecule has 1 aromatic carbocycles. The number of rotatable bonds is 8. The van der Waals surface area contributed by atoms with E-state index in [-0.39, 0.29) is 12.1 Å².